The lowest BCUT2D eigenvalue weighted by Gasteiger charge is -2.38. The number of carbonyl (C=O) groups is 3. The Bertz CT molecular complexity index is 792. The number of carbonyl (C=O) groups excluding carboxylic acids is 3. The SMILES string of the molecule is CN1C(=O)CN(Cc2ccccc2)C(=O)[C@H]1CC(=O)Nc1ccccc1. The Morgan fingerprint density at radius 2 is 1.65 bits per heavy atom. The molecule has 6 heteroatoms. The molecule has 1 aliphatic rings. The third-order valence-electron chi connectivity index (χ3n) is 4.44. The van der Waals surface area contributed by atoms with Gasteiger partial charge in [-0.05, 0) is 17.7 Å². The van der Waals surface area contributed by atoms with Gasteiger partial charge in [0, 0.05) is 19.3 Å². The molecule has 0 aromatic heterocycles. The van der Waals surface area contributed by atoms with Crippen LogP contribution in [0.2, 0.25) is 0 Å². The van der Waals surface area contributed by atoms with Gasteiger partial charge in [-0.15, -0.1) is 0 Å². The van der Waals surface area contributed by atoms with Crippen LogP contribution in [0, 0.1) is 0 Å². The average molecular weight is 351 g/mol. The van der Waals surface area contributed by atoms with Gasteiger partial charge in [0.1, 0.15) is 12.6 Å². The Kier molecular flexibility index (Phi) is 5.31. The van der Waals surface area contributed by atoms with Gasteiger partial charge < -0.3 is 15.1 Å². The summed E-state index contributed by atoms with van der Waals surface area (Å²) in [6.45, 7) is 0.386. The van der Waals surface area contributed by atoms with Crippen molar-refractivity contribution >= 4 is 23.4 Å². The molecule has 2 aromatic rings. The molecule has 26 heavy (non-hydrogen) atoms. The third kappa shape index (κ3) is 4.08. The second kappa shape index (κ2) is 7.82. The molecular weight excluding hydrogens is 330 g/mol. The molecule has 3 amide bonds. The molecule has 1 heterocycles. The Morgan fingerprint density at radius 1 is 1.04 bits per heavy atom. The second-order valence-corrected chi connectivity index (χ2v) is 6.32. The highest BCUT2D eigenvalue weighted by atomic mass is 16.2. The summed E-state index contributed by atoms with van der Waals surface area (Å²) in [7, 11) is 1.57. The fourth-order valence-electron chi connectivity index (χ4n) is 2.97. The number of rotatable bonds is 5. The predicted octanol–water partition coefficient (Wildman–Crippen LogP) is 1.88. The third-order valence-corrected chi connectivity index (χ3v) is 4.44. The van der Waals surface area contributed by atoms with E-state index < -0.39 is 6.04 Å². The highest BCUT2D eigenvalue weighted by molar-refractivity contribution is 6.00. The van der Waals surface area contributed by atoms with Crippen LogP contribution in [0.25, 0.3) is 0 Å². The van der Waals surface area contributed by atoms with Crippen LogP contribution in [0.1, 0.15) is 12.0 Å². The molecule has 6 nitrogen and oxygen atoms in total. The molecule has 1 N–H and O–H groups in total. The van der Waals surface area contributed by atoms with Crippen LogP contribution in [-0.4, -0.2) is 47.2 Å². The summed E-state index contributed by atoms with van der Waals surface area (Å²) in [5.41, 5.74) is 1.61. The summed E-state index contributed by atoms with van der Waals surface area (Å²) in [5.74, 6) is -0.673. The standard InChI is InChI=1S/C20H21N3O3/c1-22-17(12-18(24)21-16-10-6-3-7-11-16)20(26)23(14-19(22)25)13-15-8-4-2-5-9-15/h2-11,17H,12-14H2,1H3,(H,21,24)/t17-/m1/s1. The highest BCUT2D eigenvalue weighted by Crippen LogP contribution is 2.18. The number of benzene rings is 2. The van der Waals surface area contributed by atoms with E-state index in [1.807, 2.05) is 48.5 Å². The van der Waals surface area contributed by atoms with Crippen LogP contribution in [0.4, 0.5) is 5.69 Å². The first kappa shape index (κ1) is 17.7. The molecule has 1 aliphatic heterocycles. The Labute approximate surface area is 152 Å². The monoisotopic (exact) mass is 351 g/mol. The van der Waals surface area contributed by atoms with Gasteiger partial charge in [-0.1, -0.05) is 48.5 Å². The summed E-state index contributed by atoms with van der Waals surface area (Å²) >= 11 is 0. The zero-order valence-corrected chi connectivity index (χ0v) is 14.6. The topological polar surface area (TPSA) is 69.7 Å². The molecule has 0 unspecified atom stereocenters. The van der Waals surface area contributed by atoms with Gasteiger partial charge in [0.2, 0.25) is 17.7 Å². The number of hydrogen-bond donors (Lipinski definition) is 1. The van der Waals surface area contributed by atoms with E-state index in [1.54, 1.807) is 19.2 Å². The van der Waals surface area contributed by atoms with Crippen LogP contribution in [0.15, 0.2) is 60.7 Å². The number of likely N-dealkylation sites (N-methyl/N-ethyl adjacent to an activating group) is 1. The van der Waals surface area contributed by atoms with Crippen molar-refractivity contribution in [1.29, 1.82) is 0 Å². The maximum absolute atomic E-state index is 12.8. The van der Waals surface area contributed by atoms with E-state index >= 15 is 0 Å². The molecule has 1 fully saturated rings. The molecule has 0 bridgehead atoms. The quantitative estimate of drug-likeness (QED) is 0.894. The van der Waals surface area contributed by atoms with Gasteiger partial charge in [-0.3, -0.25) is 14.4 Å². The van der Waals surface area contributed by atoms with Gasteiger partial charge >= 0.3 is 0 Å². The highest BCUT2D eigenvalue weighted by Gasteiger charge is 2.38. The van der Waals surface area contributed by atoms with Gasteiger partial charge in [0.25, 0.3) is 0 Å². The maximum Gasteiger partial charge on any atom is 0.246 e. The molecule has 134 valence electrons. The first-order chi connectivity index (χ1) is 12.5. The van der Waals surface area contributed by atoms with Crippen molar-refractivity contribution < 1.29 is 14.4 Å². The lowest BCUT2D eigenvalue weighted by Crippen LogP contribution is -2.58. The summed E-state index contributed by atoms with van der Waals surface area (Å²) in [5, 5.41) is 2.76. The smallest absolute Gasteiger partial charge is 0.246 e. The van der Waals surface area contributed by atoms with E-state index in [1.165, 1.54) is 9.80 Å². The normalized spacial score (nSPS) is 17.3. The van der Waals surface area contributed by atoms with Gasteiger partial charge in [-0.25, -0.2) is 0 Å². The van der Waals surface area contributed by atoms with Crippen molar-refractivity contribution in [3.05, 3.63) is 66.2 Å². The molecule has 0 aliphatic carbocycles. The fourth-order valence-corrected chi connectivity index (χ4v) is 2.97. The molecule has 0 radical (unpaired) electrons. The van der Waals surface area contributed by atoms with E-state index in [-0.39, 0.29) is 30.7 Å². The van der Waals surface area contributed by atoms with Crippen molar-refractivity contribution in [1.82, 2.24) is 9.80 Å². The Hall–Kier alpha value is -3.15. The molecule has 0 saturated carbocycles. The number of piperazine rings is 1. The van der Waals surface area contributed by atoms with Gasteiger partial charge in [-0.2, -0.15) is 0 Å². The number of hydrogen-bond acceptors (Lipinski definition) is 3. The number of nitrogens with one attached hydrogen (secondary N) is 1. The van der Waals surface area contributed by atoms with Gasteiger partial charge in [0.05, 0.1) is 6.42 Å². The molecule has 3 rings (SSSR count). The van der Waals surface area contributed by atoms with Crippen LogP contribution in [0.3, 0.4) is 0 Å². The van der Waals surface area contributed by atoms with Crippen molar-refractivity contribution in [3.63, 3.8) is 0 Å². The summed E-state index contributed by atoms with van der Waals surface area (Å²) < 4.78 is 0. The minimum absolute atomic E-state index is 0.0288. The minimum Gasteiger partial charge on any atom is -0.332 e. The largest absolute Gasteiger partial charge is 0.332 e. The van der Waals surface area contributed by atoms with Crippen LogP contribution in [0.5, 0.6) is 0 Å². The van der Waals surface area contributed by atoms with Crippen LogP contribution in [-0.2, 0) is 20.9 Å². The first-order valence-electron chi connectivity index (χ1n) is 8.48. The van der Waals surface area contributed by atoms with Crippen molar-refractivity contribution in [3.8, 4) is 0 Å². The molecular formula is C20H21N3O3. The van der Waals surface area contributed by atoms with E-state index in [0.29, 0.717) is 12.2 Å². The Morgan fingerprint density at radius 3 is 2.31 bits per heavy atom. The Balaban J connectivity index is 1.69. The van der Waals surface area contributed by atoms with E-state index in [2.05, 4.69) is 5.32 Å². The lowest BCUT2D eigenvalue weighted by atomic mass is 10.1. The molecule has 1 saturated heterocycles. The average Bonchev–Trinajstić information content (AvgIpc) is 2.65. The lowest BCUT2D eigenvalue weighted by molar-refractivity contribution is -0.155. The fraction of sp³-hybridized carbons (Fsp3) is 0.250. The summed E-state index contributed by atoms with van der Waals surface area (Å²) in [4.78, 5) is 40.3. The van der Waals surface area contributed by atoms with Crippen molar-refractivity contribution in [2.75, 3.05) is 18.9 Å². The van der Waals surface area contributed by atoms with Crippen molar-refractivity contribution in [2.24, 2.45) is 0 Å². The number of nitrogens with zero attached hydrogens (tertiary/aromatic N) is 2. The van der Waals surface area contributed by atoms with Crippen LogP contribution < -0.4 is 5.32 Å². The van der Waals surface area contributed by atoms with E-state index in [4.69, 9.17) is 0 Å². The first-order valence-corrected chi connectivity index (χ1v) is 8.48. The number of amides is 3. The van der Waals surface area contributed by atoms with E-state index in [9.17, 15) is 14.4 Å². The maximum atomic E-state index is 12.8. The number of anilines is 1. The zero-order chi connectivity index (χ0) is 18.5. The van der Waals surface area contributed by atoms with Crippen molar-refractivity contribution in [2.45, 2.75) is 19.0 Å². The summed E-state index contributed by atoms with van der Waals surface area (Å²) in [6.07, 6.45) is -0.0682. The number of para-hydroxylation sites is 1. The van der Waals surface area contributed by atoms with E-state index in [0.717, 1.165) is 5.56 Å². The second-order valence-electron chi connectivity index (χ2n) is 6.32. The summed E-state index contributed by atoms with van der Waals surface area (Å²) in [6, 6.07) is 17.8. The zero-order valence-electron chi connectivity index (χ0n) is 14.6. The predicted molar refractivity (Wildman–Crippen MR) is 98.1 cm³/mol. The van der Waals surface area contributed by atoms with Crippen LogP contribution >= 0.6 is 0 Å². The minimum atomic E-state index is -0.788. The molecule has 0 spiro atoms. The molecule has 1 atom stereocenters. The molecule has 2 aromatic carbocycles. The van der Waals surface area contributed by atoms with Gasteiger partial charge in [0.15, 0.2) is 0 Å².